The van der Waals surface area contributed by atoms with Gasteiger partial charge < -0.3 is 10.2 Å². The number of hydrogen-bond acceptors (Lipinski definition) is 4. The average Bonchev–Trinajstić information content (AvgIpc) is 2.26. The summed E-state index contributed by atoms with van der Waals surface area (Å²) in [6.07, 6.45) is 1.27. The van der Waals surface area contributed by atoms with Gasteiger partial charge in [-0.1, -0.05) is 12.1 Å². The molecule has 0 spiro atoms. The highest BCUT2D eigenvalue weighted by atomic mass is 32.2. The lowest BCUT2D eigenvalue weighted by Crippen LogP contribution is -2.34. The third-order valence-corrected chi connectivity index (χ3v) is 4.10. The maximum Gasteiger partial charge on any atom is 0.148 e. The van der Waals surface area contributed by atoms with Gasteiger partial charge in [0.05, 0.1) is 5.75 Å². The van der Waals surface area contributed by atoms with E-state index in [9.17, 15) is 8.42 Å². The van der Waals surface area contributed by atoms with Crippen LogP contribution in [0.25, 0.3) is 0 Å². The highest BCUT2D eigenvalue weighted by Gasteiger charge is 2.14. The van der Waals surface area contributed by atoms with Crippen molar-refractivity contribution in [3.05, 3.63) is 29.8 Å². The van der Waals surface area contributed by atoms with E-state index in [0.29, 0.717) is 0 Å². The zero-order valence-electron chi connectivity index (χ0n) is 12.3. The van der Waals surface area contributed by atoms with Crippen LogP contribution in [0.3, 0.4) is 0 Å². The summed E-state index contributed by atoms with van der Waals surface area (Å²) < 4.78 is 22.5. The SMILES string of the molecule is CC(CS(C)(=O)=O)NC(C)c1ccc(N(C)C)cc1. The second-order valence-electron chi connectivity index (χ2n) is 5.37. The first-order valence-corrected chi connectivity index (χ1v) is 8.46. The molecule has 0 amide bonds. The summed E-state index contributed by atoms with van der Waals surface area (Å²) in [5.74, 6) is 0.160. The largest absolute Gasteiger partial charge is 0.378 e. The number of nitrogens with one attached hydrogen (secondary N) is 1. The molecule has 2 unspecified atom stereocenters. The summed E-state index contributed by atoms with van der Waals surface area (Å²) in [7, 11) is 1.07. The van der Waals surface area contributed by atoms with E-state index < -0.39 is 9.84 Å². The summed E-state index contributed by atoms with van der Waals surface area (Å²) in [6.45, 7) is 3.94. The molecule has 1 aromatic rings. The highest BCUT2D eigenvalue weighted by molar-refractivity contribution is 7.90. The Labute approximate surface area is 116 Å². The Hall–Kier alpha value is -1.07. The van der Waals surface area contributed by atoms with Gasteiger partial charge in [0.15, 0.2) is 0 Å². The predicted octanol–water partition coefficient (Wildman–Crippen LogP) is 1.84. The third-order valence-electron chi connectivity index (χ3n) is 3.00. The number of nitrogens with zero attached hydrogens (tertiary/aromatic N) is 1. The Balaban J connectivity index is 2.65. The van der Waals surface area contributed by atoms with Gasteiger partial charge in [-0.15, -0.1) is 0 Å². The van der Waals surface area contributed by atoms with E-state index in [1.54, 1.807) is 0 Å². The van der Waals surface area contributed by atoms with Gasteiger partial charge in [-0.2, -0.15) is 0 Å². The smallest absolute Gasteiger partial charge is 0.148 e. The fraction of sp³-hybridized carbons (Fsp3) is 0.571. The molecule has 0 aliphatic heterocycles. The van der Waals surface area contributed by atoms with Crippen molar-refractivity contribution >= 4 is 15.5 Å². The van der Waals surface area contributed by atoms with Crippen LogP contribution >= 0.6 is 0 Å². The lowest BCUT2D eigenvalue weighted by Gasteiger charge is -2.20. The molecule has 1 rings (SSSR count). The van der Waals surface area contributed by atoms with Crippen molar-refractivity contribution in [1.29, 1.82) is 0 Å². The molecule has 0 aromatic heterocycles. The summed E-state index contributed by atoms with van der Waals surface area (Å²) in [5, 5.41) is 3.31. The molecule has 2 atom stereocenters. The van der Waals surface area contributed by atoms with E-state index in [4.69, 9.17) is 0 Å². The van der Waals surface area contributed by atoms with Gasteiger partial charge in [0.25, 0.3) is 0 Å². The normalized spacial score (nSPS) is 15.0. The first-order valence-electron chi connectivity index (χ1n) is 6.40. The van der Waals surface area contributed by atoms with Crippen molar-refractivity contribution in [2.75, 3.05) is 31.0 Å². The molecule has 0 saturated heterocycles. The zero-order valence-corrected chi connectivity index (χ0v) is 13.2. The van der Waals surface area contributed by atoms with Crippen molar-refractivity contribution in [2.45, 2.75) is 25.9 Å². The Bertz CT molecular complexity index is 495. The fourth-order valence-corrected chi connectivity index (χ4v) is 3.09. The van der Waals surface area contributed by atoms with E-state index in [1.165, 1.54) is 6.26 Å². The highest BCUT2D eigenvalue weighted by Crippen LogP contribution is 2.18. The van der Waals surface area contributed by atoms with E-state index in [0.717, 1.165) is 11.3 Å². The van der Waals surface area contributed by atoms with E-state index in [-0.39, 0.29) is 17.8 Å². The van der Waals surface area contributed by atoms with Gasteiger partial charge in [0, 0.05) is 38.1 Å². The van der Waals surface area contributed by atoms with E-state index in [2.05, 4.69) is 29.6 Å². The first-order chi connectivity index (χ1) is 8.69. The summed E-state index contributed by atoms with van der Waals surface area (Å²) in [4.78, 5) is 2.05. The van der Waals surface area contributed by atoms with Crippen LogP contribution in [0.5, 0.6) is 0 Å². The molecule has 1 N–H and O–H groups in total. The molecular weight excluding hydrogens is 260 g/mol. The molecule has 4 nitrogen and oxygen atoms in total. The minimum Gasteiger partial charge on any atom is -0.378 e. The number of anilines is 1. The van der Waals surface area contributed by atoms with Gasteiger partial charge in [-0.25, -0.2) is 8.42 Å². The molecule has 1 aromatic carbocycles. The molecule has 0 heterocycles. The summed E-state index contributed by atoms with van der Waals surface area (Å²) >= 11 is 0. The van der Waals surface area contributed by atoms with Crippen LogP contribution in [0.15, 0.2) is 24.3 Å². The number of benzene rings is 1. The Morgan fingerprint density at radius 3 is 2.11 bits per heavy atom. The van der Waals surface area contributed by atoms with Crippen LogP contribution in [-0.4, -0.2) is 40.6 Å². The number of hydrogen-bond donors (Lipinski definition) is 1. The average molecular weight is 284 g/mol. The molecule has 5 heteroatoms. The minimum atomic E-state index is -2.94. The van der Waals surface area contributed by atoms with Crippen molar-refractivity contribution < 1.29 is 8.42 Å². The van der Waals surface area contributed by atoms with E-state index >= 15 is 0 Å². The van der Waals surface area contributed by atoms with Crippen LogP contribution in [-0.2, 0) is 9.84 Å². The van der Waals surface area contributed by atoms with Crippen molar-refractivity contribution in [3.8, 4) is 0 Å². The zero-order chi connectivity index (χ0) is 14.6. The second kappa shape index (κ2) is 6.39. The molecular formula is C14H24N2O2S. The van der Waals surface area contributed by atoms with E-state index in [1.807, 2.05) is 32.8 Å². The first kappa shape index (κ1) is 16.0. The number of sulfone groups is 1. The molecule has 0 saturated carbocycles. The molecule has 0 fully saturated rings. The van der Waals surface area contributed by atoms with Gasteiger partial charge in [0.1, 0.15) is 9.84 Å². The van der Waals surface area contributed by atoms with Crippen LogP contribution in [0.1, 0.15) is 25.5 Å². The predicted molar refractivity (Wildman–Crippen MR) is 81.5 cm³/mol. The molecule has 19 heavy (non-hydrogen) atoms. The van der Waals surface area contributed by atoms with Crippen molar-refractivity contribution in [1.82, 2.24) is 5.32 Å². The second-order valence-corrected chi connectivity index (χ2v) is 7.55. The van der Waals surface area contributed by atoms with Crippen LogP contribution in [0, 0.1) is 0 Å². The van der Waals surface area contributed by atoms with Crippen molar-refractivity contribution in [3.63, 3.8) is 0 Å². The number of rotatable bonds is 6. The van der Waals surface area contributed by atoms with Crippen LogP contribution in [0.4, 0.5) is 5.69 Å². The maximum absolute atomic E-state index is 11.2. The van der Waals surface area contributed by atoms with Crippen molar-refractivity contribution in [2.24, 2.45) is 0 Å². The van der Waals surface area contributed by atoms with Crippen LogP contribution < -0.4 is 10.2 Å². The minimum absolute atomic E-state index is 0.0569. The third kappa shape index (κ3) is 5.61. The fourth-order valence-electron chi connectivity index (χ4n) is 2.09. The summed E-state index contributed by atoms with van der Waals surface area (Å²) in [6, 6.07) is 8.34. The quantitative estimate of drug-likeness (QED) is 0.866. The molecule has 0 aliphatic carbocycles. The standard InChI is InChI=1S/C14H24N2O2S/c1-11(10-19(5,17)18)15-12(2)13-6-8-14(9-7-13)16(3)4/h6-9,11-12,15H,10H2,1-5H3. The molecule has 0 bridgehead atoms. The Morgan fingerprint density at radius 2 is 1.68 bits per heavy atom. The molecule has 0 radical (unpaired) electrons. The van der Waals surface area contributed by atoms with Gasteiger partial charge in [-0.05, 0) is 31.5 Å². The molecule has 108 valence electrons. The summed E-state index contributed by atoms with van der Waals surface area (Å²) in [5.41, 5.74) is 2.31. The van der Waals surface area contributed by atoms with Gasteiger partial charge in [-0.3, -0.25) is 0 Å². The monoisotopic (exact) mass is 284 g/mol. The lowest BCUT2D eigenvalue weighted by atomic mass is 10.1. The molecule has 0 aliphatic rings. The topological polar surface area (TPSA) is 49.4 Å². The maximum atomic E-state index is 11.2. The Morgan fingerprint density at radius 1 is 1.16 bits per heavy atom. The van der Waals surface area contributed by atoms with Gasteiger partial charge >= 0.3 is 0 Å². The van der Waals surface area contributed by atoms with Gasteiger partial charge in [0.2, 0.25) is 0 Å². The Kier molecular flexibility index (Phi) is 5.38. The lowest BCUT2D eigenvalue weighted by molar-refractivity contribution is 0.501. The van der Waals surface area contributed by atoms with Crippen LogP contribution in [0.2, 0.25) is 0 Å².